The van der Waals surface area contributed by atoms with Gasteiger partial charge in [0.2, 0.25) is 5.91 Å². The Bertz CT molecular complexity index is 751. The van der Waals surface area contributed by atoms with E-state index in [0.717, 1.165) is 23.7 Å². The van der Waals surface area contributed by atoms with Crippen molar-refractivity contribution in [1.29, 1.82) is 0 Å². The molecule has 0 radical (unpaired) electrons. The number of nitrogens with two attached hydrogens (primary N) is 1. The molecule has 1 amide bonds. The van der Waals surface area contributed by atoms with Crippen molar-refractivity contribution in [2.24, 2.45) is 5.92 Å². The van der Waals surface area contributed by atoms with Gasteiger partial charge in [-0.1, -0.05) is 49.4 Å². The minimum Gasteiger partial charge on any atom is -0.399 e. The van der Waals surface area contributed by atoms with Gasteiger partial charge in [0.15, 0.2) is 0 Å². The Balaban J connectivity index is 1.50. The number of likely N-dealkylation sites (tertiary alicyclic amines) is 1. The second-order valence-corrected chi connectivity index (χ2v) is 7.70. The number of aryl methyl sites for hydroxylation is 1. The minimum atomic E-state index is 0.0693. The summed E-state index contributed by atoms with van der Waals surface area (Å²) in [7, 11) is 0. The first-order chi connectivity index (χ1) is 13.1. The van der Waals surface area contributed by atoms with Crippen LogP contribution in [-0.4, -0.2) is 23.9 Å². The van der Waals surface area contributed by atoms with Gasteiger partial charge >= 0.3 is 0 Å². The summed E-state index contributed by atoms with van der Waals surface area (Å²) in [5, 5.41) is 3.08. The van der Waals surface area contributed by atoms with E-state index in [9.17, 15) is 4.79 Å². The van der Waals surface area contributed by atoms with Crippen LogP contribution < -0.4 is 11.1 Å². The van der Waals surface area contributed by atoms with Crippen molar-refractivity contribution in [3.63, 3.8) is 0 Å². The second kappa shape index (κ2) is 9.56. The highest BCUT2D eigenvalue weighted by Crippen LogP contribution is 2.20. The summed E-state index contributed by atoms with van der Waals surface area (Å²) >= 11 is 0. The molecule has 1 aliphatic rings. The van der Waals surface area contributed by atoms with E-state index in [4.69, 9.17) is 5.73 Å². The van der Waals surface area contributed by atoms with Crippen LogP contribution in [0.25, 0.3) is 0 Å². The van der Waals surface area contributed by atoms with Crippen LogP contribution in [0.1, 0.15) is 42.9 Å². The first kappa shape index (κ1) is 19.4. The Morgan fingerprint density at radius 2 is 1.67 bits per heavy atom. The fourth-order valence-corrected chi connectivity index (χ4v) is 3.64. The van der Waals surface area contributed by atoms with E-state index in [1.807, 2.05) is 30.3 Å². The molecule has 144 valence electrons. The topological polar surface area (TPSA) is 58.4 Å². The molecule has 1 fully saturated rings. The average Bonchev–Trinajstić information content (AvgIpc) is 2.68. The number of nitrogens with one attached hydrogen (secondary N) is 1. The normalized spacial score (nSPS) is 15.6. The van der Waals surface area contributed by atoms with Gasteiger partial charge in [-0.25, -0.2) is 0 Å². The minimum absolute atomic E-state index is 0.0693. The molecule has 3 rings (SSSR count). The molecular weight excluding hydrogens is 334 g/mol. The molecule has 3 N–H and O–H groups in total. The third kappa shape index (κ3) is 5.83. The predicted octanol–water partition coefficient (Wildman–Crippen LogP) is 3.75. The zero-order chi connectivity index (χ0) is 19.1. The standard InChI is InChI=1S/C23H31N3O/c1-18-12-14-26(15-13-18)17-21-8-3-2-7-20(21)16-25-23(27)11-10-19-6-4-5-9-22(19)24/h2-9,18H,10-17,24H2,1H3,(H,25,27). The highest BCUT2D eigenvalue weighted by atomic mass is 16.1. The number of para-hydroxylation sites is 1. The highest BCUT2D eigenvalue weighted by Gasteiger charge is 2.16. The van der Waals surface area contributed by atoms with Crippen LogP contribution in [-0.2, 0) is 24.3 Å². The first-order valence-corrected chi connectivity index (χ1v) is 10.0. The number of rotatable bonds is 7. The molecule has 1 heterocycles. The fraction of sp³-hybridized carbons (Fsp3) is 0.435. The van der Waals surface area contributed by atoms with E-state index < -0.39 is 0 Å². The van der Waals surface area contributed by atoms with Gasteiger partial charge < -0.3 is 11.1 Å². The zero-order valence-electron chi connectivity index (χ0n) is 16.3. The second-order valence-electron chi connectivity index (χ2n) is 7.70. The fourth-order valence-electron chi connectivity index (χ4n) is 3.64. The molecule has 27 heavy (non-hydrogen) atoms. The SMILES string of the molecule is CC1CCN(Cc2ccccc2CNC(=O)CCc2ccccc2N)CC1. The van der Waals surface area contributed by atoms with Gasteiger partial charge in [0, 0.05) is 25.2 Å². The summed E-state index contributed by atoms with van der Waals surface area (Å²) in [4.78, 5) is 14.8. The lowest BCUT2D eigenvalue weighted by Gasteiger charge is -2.30. The Morgan fingerprint density at radius 3 is 2.37 bits per heavy atom. The lowest BCUT2D eigenvalue weighted by atomic mass is 9.98. The van der Waals surface area contributed by atoms with Crippen molar-refractivity contribution in [2.45, 2.75) is 45.7 Å². The van der Waals surface area contributed by atoms with Crippen LogP contribution >= 0.6 is 0 Å². The number of hydrogen-bond donors (Lipinski definition) is 2. The molecule has 0 saturated carbocycles. The third-order valence-electron chi connectivity index (χ3n) is 5.54. The molecular formula is C23H31N3O. The maximum Gasteiger partial charge on any atom is 0.220 e. The van der Waals surface area contributed by atoms with Crippen molar-refractivity contribution in [3.05, 3.63) is 65.2 Å². The smallest absolute Gasteiger partial charge is 0.220 e. The van der Waals surface area contributed by atoms with Gasteiger partial charge in [0.1, 0.15) is 0 Å². The summed E-state index contributed by atoms with van der Waals surface area (Å²) < 4.78 is 0. The summed E-state index contributed by atoms with van der Waals surface area (Å²) in [6.45, 7) is 6.23. The quantitative estimate of drug-likeness (QED) is 0.735. The maximum absolute atomic E-state index is 12.3. The molecule has 2 aromatic carbocycles. The van der Waals surface area contributed by atoms with Crippen LogP contribution in [0.4, 0.5) is 5.69 Å². The van der Waals surface area contributed by atoms with Crippen molar-refractivity contribution < 1.29 is 4.79 Å². The molecule has 1 aliphatic heterocycles. The summed E-state index contributed by atoms with van der Waals surface area (Å²) in [6, 6.07) is 16.2. The summed E-state index contributed by atoms with van der Waals surface area (Å²) in [5.74, 6) is 0.911. The number of piperidine rings is 1. The average molecular weight is 366 g/mol. The van der Waals surface area contributed by atoms with Crippen molar-refractivity contribution in [3.8, 4) is 0 Å². The molecule has 4 nitrogen and oxygen atoms in total. The van der Waals surface area contributed by atoms with E-state index in [2.05, 4.69) is 35.3 Å². The number of carbonyl (C=O) groups is 1. The molecule has 0 unspecified atom stereocenters. The molecule has 4 heteroatoms. The summed E-state index contributed by atoms with van der Waals surface area (Å²) in [6.07, 6.45) is 3.69. The Kier molecular flexibility index (Phi) is 6.88. The number of amides is 1. The van der Waals surface area contributed by atoms with Crippen LogP contribution in [0.3, 0.4) is 0 Å². The summed E-state index contributed by atoms with van der Waals surface area (Å²) in [5.41, 5.74) is 10.3. The van der Waals surface area contributed by atoms with Gasteiger partial charge in [-0.2, -0.15) is 0 Å². The van der Waals surface area contributed by atoms with E-state index >= 15 is 0 Å². The maximum atomic E-state index is 12.3. The van der Waals surface area contributed by atoms with Crippen molar-refractivity contribution in [1.82, 2.24) is 10.2 Å². The van der Waals surface area contributed by atoms with E-state index in [1.54, 1.807) is 0 Å². The number of nitrogen functional groups attached to an aromatic ring is 1. The molecule has 0 atom stereocenters. The van der Waals surface area contributed by atoms with Gasteiger partial charge in [0.25, 0.3) is 0 Å². The number of anilines is 1. The van der Waals surface area contributed by atoms with E-state index in [-0.39, 0.29) is 5.91 Å². The van der Waals surface area contributed by atoms with Crippen LogP contribution in [0.2, 0.25) is 0 Å². The van der Waals surface area contributed by atoms with E-state index in [1.165, 1.54) is 37.1 Å². The number of benzene rings is 2. The number of carbonyl (C=O) groups excluding carboxylic acids is 1. The lowest BCUT2D eigenvalue weighted by Crippen LogP contribution is -2.33. The monoisotopic (exact) mass is 365 g/mol. The van der Waals surface area contributed by atoms with E-state index in [0.29, 0.717) is 19.4 Å². The first-order valence-electron chi connectivity index (χ1n) is 10.0. The van der Waals surface area contributed by atoms with Crippen LogP contribution in [0.5, 0.6) is 0 Å². The molecule has 2 aromatic rings. The Morgan fingerprint density at radius 1 is 1.04 bits per heavy atom. The van der Waals surface area contributed by atoms with Crippen molar-refractivity contribution >= 4 is 11.6 Å². The molecule has 0 spiro atoms. The highest BCUT2D eigenvalue weighted by molar-refractivity contribution is 5.76. The zero-order valence-corrected chi connectivity index (χ0v) is 16.3. The van der Waals surface area contributed by atoms with Gasteiger partial charge in [-0.15, -0.1) is 0 Å². The Labute approximate surface area is 162 Å². The predicted molar refractivity (Wildman–Crippen MR) is 111 cm³/mol. The van der Waals surface area contributed by atoms with Gasteiger partial charge in [-0.3, -0.25) is 9.69 Å². The number of nitrogens with zero attached hydrogens (tertiary/aromatic N) is 1. The van der Waals surface area contributed by atoms with Crippen molar-refractivity contribution in [2.75, 3.05) is 18.8 Å². The third-order valence-corrected chi connectivity index (χ3v) is 5.54. The molecule has 0 bridgehead atoms. The Hall–Kier alpha value is -2.33. The number of hydrogen-bond acceptors (Lipinski definition) is 3. The van der Waals surface area contributed by atoms with Gasteiger partial charge in [-0.05, 0) is 61.0 Å². The molecule has 0 aromatic heterocycles. The molecule has 0 aliphatic carbocycles. The van der Waals surface area contributed by atoms with Crippen LogP contribution in [0, 0.1) is 5.92 Å². The van der Waals surface area contributed by atoms with Crippen LogP contribution in [0.15, 0.2) is 48.5 Å². The largest absolute Gasteiger partial charge is 0.399 e. The lowest BCUT2D eigenvalue weighted by molar-refractivity contribution is -0.121. The molecule has 1 saturated heterocycles. The van der Waals surface area contributed by atoms with Gasteiger partial charge in [0.05, 0.1) is 0 Å².